The lowest BCUT2D eigenvalue weighted by Crippen LogP contribution is -2.46. The summed E-state index contributed by atoms with van der Waals surface area (Å²) in [5.41, 5.74) is 0. The summed E-state index contributed by atoms with van der Waals surface area (Å²) in [7, 11) is 0. The molecular formula is C50H89NO5. The van der Waals surface area contributed by atoms with E-state index in [2.05, 4.69) is 62.5 Å². The topological polar surface area (TPSA) is 95.9 Å². The summed E-state index contributed by atoms with van der Waals surface area (Å²) >= 11 is 0. The molecule has 0 aromatic rings. The Bertz CT molecular complexity index is 1010. The highest BCUT2D eigenvalue weighted by Crippen LogP contribution is 2.17. The summed E-state index contributed by atoms with van der Waals surface area (Å²) in [6.45, 7) is 6.26. The van der Waals surface area contributed by atoms with Crippen LogP contribution in [-0.4, -0.2) is 46.9 Å². The second-order valence-electron chi connectivity index (χ2n) is 15.9. The molecule has 0 saturated carbocycles. The van der Waals surface area contributed by atoms with Gasteiger partial charge in [0.05, 0.1) is 25.2 Å². The van der Waals surface area contributed by atoms with Crippen LogP contribution in [0.2, 0.25) is 0 Å². The molecule has 1 amide bonds. The van der Waals surface area contributed by atoms with Gasteiger partial charge in [0.15, 0.2) is 0 Å². The van der Waals surface area contributed by atoms with Gasteiger partial charge in [0.2, 0.25) is 5.91 Å². The Morgan fingerprint density at radius 3 is 1.61 bits per heavy atom. The molecule has 3 N–H and O–H groups in total. The molecule has 3 atom stereocenters. The van der Waals surface area contributed by atoms with Gasteiger partial charge in [-0.05, 0) is 64.2 Å². The molecule has 56 heavy (non-hydrogen) atoms. The summed E-state index contributed by atoms with van der Waals surface area (Å²) < 4.78 is 5.88. The van der Waals surface area contributed by atoms with Crippen LogP contribution in [-0.2, 0) is 14.3 Å². The molecule has 6 heteroatoms. The van der Waals surface area contributed by atoms with Crippen LogP contribution in [0.4, 0.5) is 0 Å². The molecule has 0 aromatic carbocycles. The standard InChI is InChI=1S/C50H89NO5/c1-4-7-10-13-16-19-22-24-26-28-30-33-36-39-42-48(53)47(45-52)51-49(54)44-46(41-38-35-32-29-27-25-23-20-17-14-11-8-5-2)56-50(55)43-40-37-34-31-21-18-15-12-9-6-3/h8,11-12,14-15,17,20,23,25,27,46-48,52-53H,4-7,9-10,13,16,18-19,21-22,24,26,28-45H2,1-3H3,(H,51,54)/b11-8+,15-12-,17-14+,23-20+,27-25-. The number of carbonyl (C=O) groups is 2. The first-order chi connectivity index (χ1) is 27.5. The monoisotopic (exact) mass is 784 g/mol. The third-order valence-electron chi connectivity index (χ3n) is 10.4. The van der Waals surface area contributed by atoms with E-state index in [1.807, 2.05) is 24.3 Å². The third kappa shape index (κ3) is 38.4. The Morgan fingerprint density at radius 2 is 1.02 bits per heavy atom. The Morgan fingerprint density at radius 1 is 0.536 bits per heavy atom. The fourth-order valence-electron chi connectivity index (χ4n) is 6.85. The second-order valence-corrected chi connectivity index (χ2v) is 15.9. The molecule has 0 aliphatic rings. The van der Waals surface area contributed by atoms with Gasteiger partial charge in [-0.15, -0.1) is 0 Å². The normalized spacial score (nSPS) is 13.9. The van der Waals surface area contributed by atoms with Crippen LogP contribution in [0.15, 0.2) is 60.8 Å². The summed E-state index contributed by atoms with van der Waals surface area (Å²) in [6, 6.07) is -0.716. The van der Waals surface area contributed by atoms with Crippen molar-refractivity contribution in [3.05, 3.63) is 60.8 Å². The fourth-order valence-corrected chi connectivity index (χ4v) is 6.85. The van der Waals surface area contributed by atoms with Gasteiger partial charge in [0.25, 0.3) is 0 Å². The molecule has 0 aliphatic carbocycles. The molecule has 0 saturated heterocycles. The van der Waals surface area contributed by atoms with Crippen molar-refractivity contribution in [3.63, 3.8) is 0 Å². The highest BCUT2D eigenvalue weighted by atomic mass is 16.5. The highest BCUT2D eigenvalue weighted by Gasteiger charge is 2.24. The molecule has 6 nitrogen and oxygen atoms in total. The van der Waals surface area contributed by atoms with E-state index in [0.717, 1.165) is 83.5 Å². The summed E-state index contributed by atoms with van der Waals surface area (Å²) in [5.74, 6) is -0.528. The van der Waals surface area contributed by atoms with Crippen LogP contribution in [0.5, 0.6) is 0 Å². The van der Waals surface area contributed by atoms with E-state index >= 15 is 0 Å². The van der Waals surface area contributed by atoms with Gasteiger partial charge in [-0.3, -0.25) is 9.59 Å². The van der Waals surface area contributed by atoms with Crippen molar-refractivity contribution in [2.45, 2.75) is 238 Å². The van der Waals surface area contributed by atoms with E-state index in [1.165, 1.54) is 89.9 Å². The lowest BCUT2D eigenvalue weighted by molar-refractivity contribution is -0.151. The zero-order valence-corrected chi connectivity index (χ0v) is 36.8. The summed E-state index contributed by atoms with van der Waals surface area (Å²) in [5, 5.41) is 23.7. The zero-order valence-electron chi connectivity index (χ0n) is 36.8. The molecule has 0 spiro atoms. The van der Waals surface area contributed by atoms with Crippen LogP contribution in [0.1, 0.15) is 220 Å². The molecule has 0 aromatic heterocycles. The van der Waals surface area contributed by atoms with Crippen molar-refractivity contribution < 1.29 is 24.5 Å². The number of aliphatic hydroxyl groups excluding tert-OH is 2. The van der Waals surface area contributed by atoms with Gasteiger partial charge in [0, 0.05) is 6.42 Å². The van der Waals surface area contributed by atoms with Crippen molar-refractivity contribution in [2.24, 2.45) is 0 Å². The van der Waals surface area contributed by atoms with E-state index < -0.39 is 18.2 Å². The lowest BCUT2D eigenvalue weighted by atomic mass is 10.0. The summed E-state index contributed by atoms with van der Waals surface area (Å²) in [6.07, 6.45) is 52.8. The first kappa shape index (κ1) is 53.6. The van der Waals surface area contributed by atoms with Gasteiger partial charge >= 0.3 is 5.97 Å². The molecule has 0 rings (SSSR count). The zero-order chi connectivity index (χ0) is 41.0. The minimum absolute atomic E-state index is 0.0467. The number of aliphatic hydroxyl groups is 2. The number of esters is 1. The first-order valence-corrected chi connectivity index (χ1v) is 23.6. The van der Waals surface area contributed by atoms with Gasteiger partial charge in [-0.25, -0.2) is 0 Å². The van der Waals surface area contributed by atoms with Gasteiger partial charge < -0.3 is 20.3 Å². The van der Waals surface area contributed by atoms with Gasteiger partial charge in [0.1, 0.15) is 6.10 Å². The molecule has 324 valence electrons. The Labute approximate surface area is 346 Å². The smallest absolute Gasteiger partial charge is 0.306 e. The lowest BCUT2D eigenvalue weighted by Gasteiger charge is -2.24. The van der Waals surface area contributed by atoms with Crippen LogP contribution < -0.4 is 5.32 Å². The average molecular weight is 784 g/mol. The first-order valence-electron chi connectivity index (χ1n) is 23.6. The Kier molecular flexibility index (Phi) is 41.8. The van der Waals surface area contributed by atoms with Crippen LogP contribution in [0.3, 0.4) is 0 Å². The number of carbonyl (C=O) groups excluding carboxylic acids is 2. The van der Waals surface area contributed by atoms with Crippen LogP contribution in [0.25, 0.3) is 0 Å². The van der Waals surface area contributed by atoms with Crippen molar-refractivity contribution in [3.8, 4) is 0 Å². The Balaban J connectivity index is 4.63. The minimum atomic E-state index is -0.800. The fraction of sp³-hybridized carbons (Fsp3) is 0.760. The SMILES string of the molecule is CC/C=C/C=C/C=C/C=C\CCCCCC(CC(=O)NC(CO)C(O)CCCCCCCCCCCCCCCC)OC(=O)CCCCCCC/C=C\CCC. The molecule has 0 heterocycles. The van der Waals surface area contributed by atoms with Crippen molar-refractivity contribution >= 4 is 11.9 Å². The number of allylic oxidation sites excluding steroid dienone is 10. The van der Waals surface area contributed by atoms with Gasteiger partial charge in [-0.1, -0.05) is 204 Å². The molecular weight excluding hydrogens is 695 g/mol. The number of hydrogen-bond acceptors (Lipinski definition) is 5. The summed E-state index contributed by atoms with van der Waals surface area (Å²) in [4.78, 5) is 26.0. The number of rotatable bonds is 41. The Hall–Kier alpha value is -2.44. The van der Waals surface area contributed by atoms with Gasteiger partial charge in [-0.2, -0.15) is 0 Å². The number of ether oxygens (including phenoxy) is 1. The predicted molar refractivity (Wildman–Crippen MR) is 241 cm³/mol. The van der Waals surface area contributed by atoms with Crippen LogP contribution in [0, 0.1) is 0 Å². The number of nitrogens with one attached hydrogen (secondary N) is 1. The van der Waals surface area contributed by atoms with Crippen molar-refractivity contribution in [1.82, 2.24) is 5.32 Å². The van der Waals surface area contributed by atoms with E-state index in [1.54, 1.807) is 0 Å². The molecule has 0 radical (unpaired) electrons. The van der Waals surface area contributed by atoms with E-state index in [-0.39, 0.29) is 24.9 Å². The number of amides is 1. The maximum absolute atomic E-state index is 13.1. The quantitative estimate of drug-likeness (QED) is 0.0248. The van der Waals surface area contributed by atoms with Crippen molar-refractivity contribution in [2.75, 3.05) is 6.61 Å². The number of unbranched alkanes of at least 4 members (excludes halogenated alkanes) is 22. The second kappa shape index (κ2) is 43.7. The third-order valence-corrected chi connectivity index (χ3v) is 10.4. The van der Waals surface area contributed by atoms with Crippen molar-refractivity contribution in [1.29, 1.82) is 0 Å². The van der Waals surface area contributed by atoms with E-state index in [0.29, 0.717) is 19.3 Å². The average Bonchev–Trinajstić information content (AvgIpc) is 3.19. The van der Waals surface area contributed by atoms with E-state index in [4.69, 9.17) is 4.74 Å². The maximum Gasteiger partial charge on any atom is 0.306 e. The minimum Gasteiger partial charge on any atom is -0.462 e. The molecule has 0 bridgehead atoms. The van der Waals surface area contributed by atoms with E-state index in [9.17, 15) is 19.8 Å². The molecule has 0 aliphatic heterocycles. The number of hydrogen-bond donors (Lipinski definition) is 3. The molecule has 0 fully saturated rings. The van der Waals surface area contributed by atoms with Crippen LogP contribution >= 0.6 is 0 Å². The largest absolute Gasteiger partial charge is 0.462 e. The maximum atomic E-state index is 13.1. The predicted octanol–water partition coefficient (Wildman–Crippen LogP) is 13.7. The highest BCUT2D eigenvalue weighted by molar-refractivity contribution is 5.77. The molecule has 3 unspecified atom stereocenters.